The second-order valence-corrected chi connectivity index (χ2v) is 14.5. The fourth-order valence-electron chi connectivity index (χ4n) is 8.27. The first kappa shape index (κ1) is 33.7. The molecule has 3 aliphatic heterocycles. The zero-order chi connectivity index (χ0) is 35.2. The lowest BCUT2D eigenvalue weighted by atomic mass is 9.92. The Morgan fingerprint density at radius 1 is 0.902 bits per heavy atom. The normalized spacial score (nSPS) is 20.1. The zero-order valence-electron chi connectivity index (χ0n) is 28.6. The largest absolute Gasteiger partial charge is 0.416 e. The van der Waals surface area contributed by atoms with Crippen LogP contribution in [0.5, 0.6) is 0 Å². The summed E-state index contributed by atoms with van der Waals surface area (Å²) in [4.78, 5) is 39.2. The molecule has 266 valence electrons. The van der Waals surface area contributed by atoms with Crippen LogP contribution < -0.4 is 15.5 Å². The smallest absolute Gasteiger partial charge is 0.342 e. The van der Waals surface area contributed by atoms with Crippen LogP contribution in [0.25, 0.3) is 22.2 Å². The molecule has 3 amide bonds. The van der Waals surface area contributed by atoms with Crippen molar-refractivity contribution >= 4 is 28.5 Å². The summed E-state index contributed by atoms with van der Waals surface area (Å²) in [6.07, 6.45) is 2.75. The van der Waals surface area contributed by atoms with Crippen LogP contribution in [0, 0.1) is 0 Å². The van der Waals surface area contributed by atoms with Gasteiger partial charge in [-0.05, 0) is 101 Å². The standard InChI is InChI=1S/C40H43F3N6O2/c41-40(42,43)29-11-7-8-27(24-29)36-33(26-47-21-14-30(15-22-47)48-19-5-2-6-20-48)35(37(50)46-39(16-17-39)28-9-3-1-4-10-28)32-25-31(12-13-34(32)45-36)49-23-18-44-38(49)51/h1,3-4,7-13,24-25,30H,2,5-6,14-23,26H2,(H,44,51)(H,46,50). The van der Waals surface area contributed by atoms with Crippen molar-refractivity contribution in [1.29, 1.82) is 0 Å². The number of carbonyl (C=O) groups excluding carboxylic acids is 2. The minimum absolute atomic E-state index is 0.216. The predicted molar refractivity (Wildman–Crippen MR) is 191 cm³/mol. The Labute approximate surface area is 296 Å². The summed E-state index contributed by atoms with van der Waals surface area (Å²) in [6.45, 7) is 5.23. The molecule has 3 saturated heterocycles. The van der Waals surface area contributed by atoms with Gasteiger partial charge in [0.15, 0.2) is 0 Å². The molecule has 51 heavy (non-hydrogen) atoms. The Kier molecular flexibility index (Phi) is 8.96. The third-order valence-electron chi connectivity index (χ3n) is 11.2. The van der Waals surface area contributed by atoms with Gasteiger partial charge in [-0.1, -0.05) is 48.9 Å². The second kappa shape index (κ2) is 13.6. The maximum Gasteiger partial charge on any atom is 0.416 e. The van der Waals surface area contributed by atoms with E-state index in [1.165, 1.54) is 25.3 Å². The number of pyridine rings is 1. The SMILES string of the molecule is O=C(NC1(c2ccccc2)CC1)c1c(CN2CCC(N3CCCCC3)CC2)c(-c2cccc(C(F)(F)F)c2)nc2ccc(N3CCNC3=O)cc12. The van der Waals surface area contributed by atoms with Gasteiger partial charge in [0.05, 0.1) is 27.9 Å². The Morgan fingerprint density at radius 2 is 1.67 bits per heavy atom. The van der Waals surface area contributed by atoms with Gasteiger partial charge >= 0.3 is 12.2 Å². The molecule has 11 heteroatoms. The highest BCUT2D eigenvalue weighted by Crippen LogP contribution is 2.46. The fourth-order valence-corrected chi connectivity index (χ4v) is 8.27. The van der Waals surface area contributed by atoms with Crippen molar-refractivity contribution in [2.75, 3.05) is 44.2 Å². The third kappa shape index (κ3) is 6.81. The molecule has 0 unspecified atom stereocenters. The zero-order valence-corrected chi connectivity index (χ0v) is 28.6. The average Bonchev–Trinajstić information content (AvgIpc) is 3.81. The van der Waals surface area contributed by atoms with Gasteiger partial charge in [0.25, 0.3) is 5.91 Å². The summed E-state index contributed by atoms with van der Waals surface area (Å²) in [7, 11) is 0. The number of fused-ring (bicyclic) bond motifs is 1. The lowest BCUT2D eigenvalue weighted by Crippen LogP contribution is -2.46. The van der Waals surface area contributed by atoms with E-state index in [2.05, 4.69) is 20.4 Å². The monoisotopic (exact) mass is 696 g/mol. The molecule has 1 aromatic heterocycles. The molecule has 0 spiro atoms. The van der Waals surface area contributed by atoms with E-state index in [-0.39, 0.29) is 11.9 Å². The summed E-state index contributed by atoms with van der Waals surface area (Å²) in [5.74, 6) is -0.293. The lowest BCUT2D eigenvalue weighted by molar-refractivity contribution is -0.137. The van der Waals surface area contributed by atoms with Crippen LogP contribution in [0.15, 0.2) is 72.8 Å². The van der Waals surface area contributed by atoms with Crippen LogP contribution in [0.2, 0.25) is 0 Å². The number of carbonyl (C=O) groups is 2. The second-order valence-electron chi connectivity index (χ2n) is 14.5. The Morgan fingerprint density at radius 3 is 2.35 bits per heavy atom. The summed E-state index contributed by atoms with van der Waals surface area (Å²) >= 11 is 0. The highest BCUT2D eigenvalue weighted by atomic mass is 19.4. The summed E-state index contributed by atoms with van der Waals surface area (Å²) in [6, 6.07) is 20.8. The molecule has 8 rings (SSSR count). The summed E-state index contributed by atoms with van der Waals surface area (Å²) in [5, 5.41) is 6.78. The molecule has 0 radical (unpaired) electrons. The van der Waals surface area contributed by atoms with Gasteiger partial charge < -0.3 is 15.5 Å². The van der Waals surface area contributed by atoms with E-state index in [0.717, 1.165) is 69.6 Å². The number of urea groups is 1. The molecule has 4 heterocycles. The van der Waals surface area contributed by atoms with E-state index in [1.54, 1.807) is 23.1 Å². The first-order chi connectivity index (χ1) is 24.7. The Hall–Kier alpha value is -4.48. The first-order valence-electron chi connectivity index (χ1n) is 18.2. The van der Waals surface area contributed by atoms with E-state index >= 15 is 0 Å². The van der Waals surface area contributed by atoms with Crippen molar-refractivity contribution in [3.05, 3.63) is 95.1 Å². The van der Waals surface area contributed by atoms with E-state index in [4.69, 9.17) is 4.98 Å². The van der Waals surface area contributed by atoms with Crippen LogP contribution in [0.4, 0.5) is 23.7 Å². The van der Waals surface area contributed by atoms with Crippen molar-refractivity contribution in [2.45, 2.75) is 69.2 Å². The van der Waals surface area contributed by atoms with E-state index in [0.29, 0.717) is 64.7 Å². The number of likely N-dealkylation sites (tertiary alicyclic amines) is 2. The van der Waals surface area contributed by atoms with Crippen LogP contribution in [-0.4, -0.2) is 72.0 Å². The number of piperidine rings is 2. The minimum Gasteiger partial charge on any atom is -0.342 e. The molecule has 3 aromatic carbocycles. The molecule has 1 saturated carbocycles. The number of anilines is 1. The lowest BCUT2D eigenvalue weighted by Gasteiger charge is -2.40. The Bertz CT molecular complexity index is 1930. The van der Waals surface area contributed by atoms with E-state index in [9.17, 15) is 22.8 Å². The van der Waals surface area contributed by atoms with E-state index < -0.39 is 17.3 Å². The topological polar surface area (TPSA) is 80.8 Å². The summed E-state index contributed by atoms with van der Waals surface area (Å²) < 4.78 is 42.2. The number of nitrogens with zero attached hydrogens (tertiary/aromatic N) is 4. The van der Waals surface area contributed by atoms with Crippen molar-refractivity contribution < 1.29 is 22.8 Å². The molecular weight excluding hydrogens is 653 g/mol. The molecule has 4 fully saturated rings. The number of hydrogen-bond donors (Lipinski definition) is 2. The third-order valence-corrected chi connectivity index (χ3v) is 11.2. The maximum atomic E-state index is 14.9. The van der Waals surface area contributed by atoms with Crippen molar-refractivity contribution in [2.24, 2.45) is 0 Å². The molecule has 0 bridgehead atoms. The number of alkyl halides is 3. The predicted octanol–water partition coefficient (Wildman–Crippen LogP) is 7.32. The molecular formula is C40H43F3N6O2. The van der Waals surface area contributed by atoms with Gasteiger partial charge in [0, 0.05) is 47.9 Å². The van der Waals surface area contributed by atoms with Gasteiger partial charge in [-0.15, -0.1) is 0 Å². The number of halogens is 3. The number of aromatic nitrogens is 1. The number of nitrogens with one attached hydrogen (secondary N) is 2. The van der Waals surface area contributed by atoms with Gasteiger partial charge in [-0.25, -0.2) is 9.78 Å². The fraction of sp³-hybridized carbons (Fsp3) is 0.425. The minimum atomic E-state index is -4.54. The highest BCUT2D eigenvalue weighted by Gasteiger charge is 2.46. The van der Waals surface area contributed by atoms with Gasteiger partial charge in [-0.3, -0.25) is 14.6 Å². The van der Waals surface area contributed by atoms with Crippen LogP contribution in [0.1, 0.15) is 72.0 Å². The van der Waals surface area contributed by atoms with Crippen molar-refractivity contribution in [3.63, 3.8) is 0 Å². The summed E-state index contributed by atoms with van der Waals surface area (Å²) in [5.41, 5.74) is 2.52. The molecule has 2 N–H and O–H groups in total. The van der Waals surface area contributed by atoms with Gasteiger partial charge in [0.2, 0.25) is 0 Å². The number of benzene rings is 3. The first-order valence-corrected chi connectivity index (χ1v) is 18.2. The maximum absolute atomic E-state index is 14.9. The van der Waals surface area contributed by atoms with Crippen LogP contribution in [0.3, 0.4) is 0 Å². The molecule has 1 aliphatic carbocycles. The number of hydrogen-bond acceptors (Lipinski definition) is 5. The highest BCUT2D eigenvalue weighted by molar-refractivity contribution is 6.10. The Balaban J connectivity index is 1.25. The average molecular weight is 697 g/mol. The number of rotatable bonds is 8. The van der Waals surface area contributed by atoms with E-state index in [1.807, 2.05) is 36.4 Å². The quantitative estimate of drug-likeness (QED) is 0.202. The van der Waals surface area contributed by atoms with Crippen LogP contribution >= 0.6 is 0 Å². The van der Waals surface area contributed by atoms with Crippen molar-refractivity contribution in [1.82, 2.24) is 25.4 Å². The molecule has 4 aliphatic rings. The van der Waals surface area contributed by atoms with Gasteiger partial charge in [0.1, 0.15) is 0 Å². The van der Waals surface area contributed by atoms with Gasteiger partial charge in [-0.2, -0.15) is 13.2 Å². The number of amides is 3. The van der Waals surface area contributed by atoms with Crippen LogP contribution in [-0.2, 0) is 18.3 Å². The van der Waals surface area contributed by atoms with Crippen molar-refractivity contribution in [3.8, 4) is 11.3 Å². The molecule has 0 atom stereocenters. The molecule has 8 nitrogen and oxygen atoms in total. The molecule has 4 aromatic rings.